The van der Waals surface area contributed by atoms with Crippen molar-refractivity contribution in [2.75, 3.05) is 0 Å². The molecule has 4 nitrogen and oxygen atoms in total. The van der Waals surface area contributed by atoms with Crippen molar-refractivity contribution in [1.29, 1.82) is 0 Å². The summed E-state index contributed by atoms with van der Waals surface area (Å²) in [5.74, 6) is -0.285. The molecule has 0 aliphatic rings. The van der Waals surface area contributed by atoms with Gasteiger partial charge in [-0.3, -0.25) is 4.79 Å². The topological polar surface area (TPSA) is 72.5 Å². The number of carbonyl (C=O) groups is 1. The maximum absolute atomic E-state index is 10.8. The van der Waals surface area contributed by atoms with Gasteiger partial charge in [-0.1, -0.05) is 55.8 Å². The van der Waals surface area contributed by atoms with Gasteiger partial charge in [0.1, 0.15) is 18.4 Å². The summed E-state index contributed by atoms with van der Waals surface area (Å²) in [4.78, 5) is 10.8. The number of aliphatic carboxylic acids is 1. The first-order valence-corrected chi connectivity index (χ1v) is 7.80. The highest BCUT2D eigenvalue weighted by atomic mass is 16.5. The number of hydrogen-bond donors (Lipinski definition) is 2. The van der Waals surface area contributed by atoms with Gasteiger partial charge < -0.3 is 15.6 Å². The number of carboxylic acid groups (broad SMARTS) is 1. The van der Waals surface area contributed by atoms with Gasteiger partial charge in [0, 0.05) is 0 Å². The lowest BCUT2D eigenvalue weighted by molar-refractivity contribution is -0.138. The number of benzene rings is 2. The van der Waals surface area contributed by atoms with Gasteiger partial charge in [0.25, 0.3) is 0 Å². The second kappa shape index (κ2) is 9.64. The lowest BCUT2D eigenvalue weighted by atomic mass is 10.1. The second-order valence-corrected chi connectivity index (χ2v) is 5.07. The number of hydrogen-bond acceptors (Lipinski definition) is 3. The number of carboxylic acids is 1. The Morgan fingerprint density at radius 3 is 2.43 bits per heavy atom. The lowest BCUT2D eigenvalue weighted by Crippen LogP contribution is -2.32. The predicted octanol–water partition coefficient (Wildman–Crippen LogP) is 3.55. The van der Waals surface area contributed by atoms with Gasteiger partial charge in [0.05, 0.1) is 0 Å². The predicted molar refractivity (Wildman–Crippen MR) is 92.6 cm³/mol. The van der Waals surface area contributed by atoms with E-state index in [2.05, 4.69) is 6.07 Å². The Kier molecular flexibility index (Phi) is 7.84. The molecule has 0 aromatic heterocycles. The zero-order valence-electron chi connectivity index (χ0n) is 14.0. The van der Waals surface area contributed by atoms with Crippen molar-refractivity contribution in [3.8, 4) is 5.75 Å². The van der Waals surface area contributed by atoms with Crippen molar-refractivity contribution in [2.24, 2.45) is 5.73 Å². The molecule has 0 saturated carbocycles. The van der Waals surface area contributed by atoms with Crippen molar-refractivity contribution in [3.05, 3.63) is 65.2 Å². The van der Waals surface area contributed by atoms with E-state index in [0.29, 0.717) is 12.4 Å². The number of nitrogens with two attached hydrogens (primary N) is 1. The molecule has 2 aromatic rings. The molecular formula is C19H25NO3. The van der Waals surface area contributed by atoms with Crippen LogP contribution in [0.4, 0.5) is 0 Å². The number of ether oxygens (including phenoxy) is 1. The summed E-state index contributed by atoms with van der Waals surface area (Å²) < 4.78 is 5.74. The summed E-state index contributed by atoms with van der Waals surface area (Å²) in [5.41, 5.74) is 8.68. The van der Waals surface area contributed by atoms with E-state index in [1.807, 2.05) is 63.2 Å². The maximum atomic E-state index is 10.8. The average molecular weight is 315 g/mol. The summed E-state index contributed by atoms with van der Waals surface area (Å²) in [7, 11) is 0. The fourth-order valence-corrected chi connectivity index (χ4v) is 2.07. The maximum Gasteiger partial charge on any atom is 0.320 e. The highest BCUT2D eigenvalue weighted by Crippen LogP contribution is 2.16. The average Bonchev–Trinajstić information content (AvgIpc) is 2.55. The Labute approximate surface area is 137 Å². The van der Waals surface area contributed by atoms with E-state index in [1.54, 1.807) is 0 Å². The SMILES string of the molecule is CC.Cc1cccc(COc2cccc(C[C@H](N)C(=O)O)c2)c1. The Morgan fingerprint density at radius 2 is 1.78 bits per heavy atom. The Bertz CT molecular complexity index is 626. The first-order valence-electron chi connectivity index (χ1n) is 7.80. The standard InChI is InChI=1S/C17H19NO3.C2H6/c1-12-4-2-6-14(8-12)11-21-15-7-3-5-13(9-15)10-16(18)17(19)20;1-2/h2-9,16H,10-11,18H2,1H3,(H,19,20);1-2H3/t16-;/m0./s1. The minimum Gasteiger partial charge on any atom is -0.489 e. The van der Waals surface area contributed by atoms with Gasteiger partial charge in [0.15, 0.2) is 0 Å². The molecule has 0 aliphatic heterocycles. The minimum atomic E-state index is -0.999. The van der Waals surface area contributed by atoms with Gasteiger partial charge in [0.2, 0.25) is 0 Å². The quantitative estimate of drug-likeness (QED) is 0.855. The second-order valence-electron chi connectivity index (χ2n) is 5.07. The van der Waals surface area contributed by atoms with Crippen LogP contribution < -0.4 is 10.5 Å². The van der Waals surface area contributed by atoms with Gasteiger partial charge in [-0.05, 0) is 36.6 Å². The van der Waals surface area contributed by atoms with Crippen molar-refractivity contribution < 1.29 is 14.6 Å². The van der Waals surface area contributed by atoms with Crippen LogP contribution in [0, 0.1) is 6.92 Å². The van der Waals surface area contributed by atoms with Crippen LogP contribution in [-0.4, -0.2) is 17.1 Å². The molecule has 0 amide bonds. The summed E-state index contributed by atoms with van der Waals surface area (Å²) in [5, 5.41) is 8.83. The molecule has 2 aromatic carbocycles. The Hall–Kier alpha value is -2.33. The molecule has 0 radical (unpaired) electrons. The molecule has 0 aliphatic carbocycles. The third-order valence-corrected chi connectivity index (χ3v) is 3.16. The third kappa shape index (κ3) is 6.53. The fraction of sp³-hybridized carbons (Fsp3) is 0.316. The lowest BCUT2D eigenvalue weighted by Gasteiger charge is -2.10. The van der Waals surface area contributed by atoms with Crippen molar-refractivity contribution in [2.45, 2.75) is 39.8 Å². The molecule has 0 unspecified atom stereocenters. The van der Waals surface area contributed by atoms with Crippen molar-refractivity contribution in [3.63, 3.8) is 0 Å². The molecular weight excluding hydrogens is 290 g/mol. The molecule has 2 rings (SSSR count). The van der Waals surface area contributed by atoms with Gasteiger partial charge in [-0.25, -0.2) is 0 Å². The summed E-state index contributed by atoms with van der Waals surface area (Å²) >= 11 is 0. The zero-order valence-corrected chi connectivity index (χ0v) is 14.0. The Morgan fingerprint density at radius 1 is 1.13 bits per heavy atom. The molecule has 0 spiro atoms. The van der Waals surface area contributed by atoms with Crippen LogP contribution in [0.2, 0.25) is 0 Å². The molecule has 0 heterocycles. The van der Waals surface area contributed by atoms with Crippen LogP contribution in [0.3, 0.4) is 0 Å². The largest absolute Gasteiger partial charge is 0.489 e. The molecule has 0 saturated heterocycles. The summed E-state index contributed by atoms with van der Waals surface area (Å²) in [6.45, 7) is 6.52. The third-order valence-electron chi connectivity index (χ3n) is 3.16. The summed E-state index contributed by atoms with van der Waals surface area (Å²) in [6.07, 6.45) is 0.289. The van der Waals surface area contributed by atoms with Crippen LogP contribution in [0.5, 0.6) is 5.75 Å². The van der Waals surface area contributed by atoms with Crippen LogP contribution in [0.25, 0.3) is 0 Å². The first-order chi connectivity index (χ1) is 11.0. The van der Waals surface area contributed by atoms with E-state index in [4.69, 9.17) is 15.6 Å². The smallest absolute Gasteiger partial charge is 0.320 e. The highest BCUT2D eigenvalue weighted by molar-refractivity contribution is 5.73. The molecule has 124 valence electrons. The number of rotatable bonds is 6. The zero-order chi connectivity index (χ0) is 17.2. The molecule has 1 atom stereocenters. The Balaban J connectivity index is 0.00000127. The van der Waals surface area contributed by atoms with E-state index in [9.17, 15) is 4.79 Å². The summed E-state index contributed by atoms with van der Waals surface area (Å²) in [6, 6.07) is 14.6. The van der Waals surface area contributed by atoms with Crippen LogP contribution in [-0.2, 0) is 17.8 Å². The number of aryl methyl sites for hydroxylation is 1. The highest BCUT2D eigenvalue weighted by Gasteiger charge is 2.12. The first kappa shape index (κ1) is 18.7. The van der Waals surface area contributed by atoms with E-state index < -0.39 is 12.0 Å². The van der Waals surface area contributed by atoms with E-state index in [1.165, 1.54) is 5.56 Å². The molecule has 0 bridgehead atoms. The molecule has 23 heavy (non-hydrogen) atoms. The van der Waals surface area contributed by atoms with Crippen LogP contribution >= 0.6 is 0 Å². The monoisotopic (exact) mass is 315 g/mol. The molecule has 3 N–H and O–H groups in total. The van der Waals surface area contributed by atoms with Crippen LogP contribution in [0.1, 0.15) is 30.5 Å². The minimum absolute atomic E-state index is 0.289. The van der Waals surface area contributed by atoms with Gasteiger partial charge in [-0.15, -0.1) is 0 Å². The van der Waals surface area contributed by atoms with Crippen LogP contribution in [0.15, 0.2) is 48.5 Å². The normalized spacial score (nSPS) is 11.1. The van der Waals surface area contributed by atoms with Crippen molar-refractivity contribution >= 4 is 5.97 Å². The van der Waals surface area contributed by atoms with Crippen molar-refractivity contribution in [1.82, 2.24) is 0 Å². The van der Waals surface area contributed by atoms with E-state index >= 15 is 0 Å². The van der Waals surface area contributed by atoms with E-state index in [0.717, 1.165) is 11.1 Å². The van der Waals surface area contributed by atoms with Gasteiger partial charge in [-0.2, -0.15) is 0 Å². The molecule has 4 heteroatoms. The fourth-order valence-electron chi connectivity index (χ4n) is 2.07. The van der Waals surface area contributed by atoms with E-state index in [-0.39, 0.29) is 6.42 Å². The van der Waals surface area contributed by atoms with Gasteiger partial charge >= 0.3 is 5.97 Å². The molecule has 0 fully saturated rings.